The van der Waals surface area contributed by atoms with Gasteiger partial charge >= 0.3 is 6.09 Å². The molecule has 124 valence electrons. The number of thiazole rings is 1. The highest BCUT2D eigenvalue weighted by atomic mass is 32.1. The quantitative estimate of drug-likeness (QED) is 0.784. The molecule has 0 saturated heterocycles. The Morgan fingerprint density at radius 3 is 2.59 bits per heavy atom. The van der Waals surface area contributed by atoms with E-state index in [2.05, 4.69) is 10.3 Å². The fourth-order valence-electron chi connectivity index (χ4n) is 1.81. The van der Waals surface area contributed by atoms with Crippen molar-refractivity contribution < 1.29 is 19.4 Å². The Bertz CT molecular complexity index is 508. The number of hydrogen-bond donors (Lipinski definition) is 2. The third-order valence-corrected chi connectivity index (χ3v) is 3.89. The number of amides is 1. The summed E-state index contributed by atoms with van der Waals surface area (Å²) in [6.07, 6.45) is -0.388. The molecule has 6 nitrogen and oxygen atoms in total. The van der Waals surface area contributed by atoms with E-state index in [0.29, 0.717) is 23.4 Å². The maximum atomic E-state index is 11.9. The van der Waals surface area contributed by atoms with E-state index < -0.39 is 17.8 Å². The van der Waals surface area contributed by atoms with Crippen LogP contribution in [0.5, 0.6) is 0 Å². The number of nitrogens with zero attached hydrogens (tertiary/aromatic N) is 1. The van der Waals surface area contributed by atoms with Crippen LogP contribution in [0.4, 0.5) is 4.79 Å². The molecule has 0 unspecified atom stereocenters. The molecule has 1 heterocycles. The monoisotopic (exact) mass is 328 g/mol. The number of aromatic nitrogens is 1. The summed E-state index contributed by atoms with van der Waals surface area (Å²) in [6.45, 7) is 9.29. The van der Waals surface area contributed by atoms with Crippen molar-refractivity contribution in [3.63, 3.8) is 0 Å². The van der Waals surface area contributed by atoms with Crippen LogP contribution in [0.3, 0.4) is 0 Å². The third-order valence-electron chi connectivity index (χ3n) is 2.93. The van der Waals surface area contributed by atoms with E-state index in [1.54, 1.807) is 26.2 Å². The van der Waals surface area contributed by atoms with Gasteiger partial charge in [0.2, 0.25) is 0 Å². The average Bonchev–Trinajstić information content (AvgIpc) is 2.84. The Labute approximate surface area is 134 Å². The molecule has 7 heteroatoms. The van der Waals surface area contributed by atoms with E-state index in [4.69, 9.17) is 4.74 Å². The summed E-state index contributed by atoms with van der Waals surface area (Å²) in [5.74, 6) is 0.118. The molecule has 0 saturated carbocycles. The van der Waals surface area contributed by atoms with Gasteiger partial charge in [0.1, 0.15) is 22.4 Å². The van der Waals surface area contributed by atoms with E-state index in [9.17, 15) is 14.7 Å². The second kappa shape index (κ2) is 7.69. The summed E-state index contributed by atoms with van der Waals surface area (Å²) in [7, 11) is 0. The first kappa shape index (κ1) is 18.6. The Morgan fingerprint density at radius 1 is 1.50 bits per heavy atom. The molecule has 0 fully saturated rings. The predicted octanol–water partition coefficient (Wildman–Crippen LogP) is 2.93. The van der Waals surface area contributed by atoms with Crippen molar-refractivity contribution in [3.05, 3.63) is 16.1 Å². The highest BCUT2D eigenvalue weighted by molar-refractivity contribution is 7.09. The number of ether oxygens (including phenoxy) is 1. The molecular formula is C15H24N2O4S. The van der Waals surface area contributed by atoms with Crippen molar-refractivity contribution in [1.82, 2.24) is 10.3 Å². The normalized spacial score (nSPS) is 14.5. The molecule has 1 aromatic heterocycles. The molecule has 0 bridgehead atoms. The van der Waals surface area contributed by atoms with Crippen LogP contribution in [-0.2, 0) is 4.74 Å². The number of carbonyl (C=O) groups excluding carboxylic acids is 2. The average molecular weight is 328 g/mol. The zero-order valence-corrected chi connectivity index (χ0v) is 14.4. The number of rotatable bonds is 6. The van der Waals surface area contributed by atoms with Crippen LogP contribution in [0.15, 0.2) is 5.38 Å². The minimum absolute atomic E-state index is 0.118. The lowest BCUT2D eigenvalue weighted by Gasteiger charge is -2.26. The van der Waals surface area contributed by atoms with E-state index in [1.807, 2.05) is 13.8 Å². The van der Waals surface area contributed by atoms with Crippen LogP contribution < -0.4 is 5.32 Å². The lowest BCUT2D eigenvalue weighted by Crippen LogP contribution is -2.42. The first-order chi connectivity index (χ1) is 10.1. The van der Waals surface area contributed by atoms with Crippen molar-refractivity contribution in [2.75, 3.05) is 0 Å². The lowest BCUT2D eigenvalue weighted by molar-refractivity contribution is 0.0461. The smallest absolute Gasteiger partial charge is 0.407 e. The molecule has 22 heavy (non-hydrogen) atoms. The number of hydrogen-bond acceptors (Lipinski definition) is 6. The first-order valence-electron chi connectivity index (χ1n) is 7.20. The van der Waals surface area contributed by atoms with E-state index >= 15 is 0 Å². The van der Waals surface area contributed by atoms with E-state index in [-0.39, 0.29) is 12.0 Å². The fourth-order valence-corrected chi connectivity index (χ4v) is 2.57. The van der Waals surface area contributed by atoms with Crippen molar-refractivity contribution in [1.29, 1.82) is 0 Å². The van der Waals surface area contributed by atoms with Gasteiger partial charge in [0, 0.05) is 17.8 Å². The van der Waals surface area contributed by atoms with Gasteiger partial charge in [-0.05, 0) is 26.7 Å². The molecule has 0 aliphatic carbocycles. The SMILES string of the molecule is CC(C)[C@@H](C[C@@H](O)c1nc(C=O)cs1)NC(=O)OC(C)(C)C. The number of aliphatic hydroxyl groups is 1. The summed E-state index contributed by atoms with van der Waals surface area (Å²) < 4.78 is 5.24. The molecule has 0 aromatic carbocycles. The minimum Gasteiger partial charge on any atom is -0.444 e. The van der Waals surface area contributed by atoms with E-state index in [0.717, 1.165) is 0 Å². The summed E-state index contributed by atoms with van der Waals surface area (Å²) >= 11 is 1.23. The van der Waals surface area contributed by atoms with Crippen molar-refractivity contribution >= 4 is 23.7 Å². The standard InChI is InChI=1S/C15H24N2O4S/c1-9(2)11(17-14(20)21-15(3,4)5)6-12(19)13-16-10(7-18)8-22-13/h7-9,11-12,19H,6H2,1-5H3,(H,17,20)/t11-,12-/m1/s1. The number of alkyl carbamates (subject to hydrolysis) is 1. The summed E-state index contributed by atoms with van der Waals surface area (Å²) in [6, 6.07) is -0.256. The van der Waals surface area contributed by atoms with Crippen molar-refractivity contribution in [2.24, 2.45) is 5.92 Å². The summed E-state index contributed by atoms with van der Waals surface area (Å²) in [5.41, 5.74) is -0.265. The van der Waals surface area contributed by atoms with Gasteiger partial charge in [-0.25, -0.2) is 9.78 Å². The fraction of sp³-hybridized carbons (Fsp3) is 0.667. The highest BCUT2D eigenvalue weighted by Gasteiger charge is 2.25. The van der Waals surface area contributed by atoms with Crippen molar-refractivity contribution in [3.8, 4) is 0 Å². The second-order valence-corrected chi connectivity index (χ2v) is 7.37. The van der Waals surface area contributed by atoms with Crippen LogP contribution in [-0.4, -0.2) is 34.1 Å². The van der Waals surface area contributed by atoms with Gasteiger partial charge in [-0.15, -0.1) is 11.3 Å². The number of aldehydes is 1. The van der Waals surface area contributed by atoms with E-state index in [1.165, 1.54) is 11.3 Å². The molecule has 0 spiro atoms. The van der Waals surface area contributed by atoms with Gasteiger partial charge in [0.25, 0.3) is 0 Å². The Morgan fingerprint density at radius 2 is 2.14 bits per heavy atom. The molecule has 0 aliphatic rings. The number of nitrogens with one attached hydrogen (secondary N) is 1. The third kappa shape index (κ3) is 6.11. The molecule has 2 atom stereocenters. The predicted molar refractivity (Wildman–Crippen MR) is 85.1 cm³/mol. The molecule has 0 radical (unpaired) electrons. The van der Waals surface area contributed by atoms with Crippen LogP contribution in [0, 0.1) is 5.92 Å². The van der Waals surface area contributed by atoms with Gasteiger partial charge in [0.05, 0.1) is 0 Å². The minimum atomic E-state index is -0.832. The Kier molecular flexibility index (Phi) is 6.49. The molecule has 1 amide bonds. The molecule has 1 rings (SSSR count). The zero-order chi connectivity index (χ0) is 16.9. The molecular weight excluding hydrogens is 304 g/mol. The number of carbonyl (C=O) groups is 2. The van der Waals surface area contributed by atoms with Crippen LogP contribution in [0.25, 0.3) is 0 Å². The molecule has 1 aromatic rings. The van der Waals surface area contributed by atoms with Crippen LogP contribution in [0.2, 0.25) is 0 Å². The van der Waals surface area contributed by atoms with Crippen LogP contribution >= 0.6 is 11.3 Å². The zero-order valence-electron chi connectivity index (χ0n) is 13.6. The topological polar surface area (TPSA) is 88.5 Å². The lowest BCUT2D eigenvalue weighted by atomic mass is 9.98. The summed E-state index contributed by atoms with van der Waals surface area (Å²) in [4.78, 5) is 26.5. The maximum Gasteiger partial charge on any atom is 0.407 e. The first-order valence-corrected chi connectivity index (χ1v) is 8.08. The Hall–Kier alpha value is -1.47. The van der Waals surface area contributed by atoms with Crippen molar-refractivity contribution in [2.45, 2.75) is 58.8 Å². The van der Waals surface area contributed by atoms with Gasteiger partial charge in [-0.1, -0.05) is 13.8 Å². The second-order valence-electron chi connectivity index (χ2n) is 6.48. The van der Waals surface area contributed by atoms with Gasteiger partial charge in [-0.2, -0.15) is 0 Å². The molecule has 2 N–H and O–H groups in total. The van der Waals surface area contributed by atoms with Gasteiger partial charge < -0.3 is 15.2 Å². The largest absolute Gasteiger partial charge is 0.444 e. The number of aliphatic hydroxyl groups excluding tert-OH is 1. The van der Waals surface area contributed by atoms with Gasteiger partial charge in [0.15, 0.2) is 6.29 Å². The van der Waals surface area contributed by atoms with Gasteiger partial charge in [-0.3, -0.25) is 4.79 Å². The highest BCUT2D eigenvalue weighted by Crippen LogP contribution is 2.24. The summed E-state index contributed by atoms with van der Waals surface area (Å²) in [5, 5.41) is 15.1. The maximum absolute atomic E-state index is 11.9. The Balaban J connectivity index is 2.67. The molecule has 0 aliphatic heterocycles. The van der Waals surface area contributed by atoms with Crippen LogP contribution in [0.1, 0.15) is 62.6 Å².